The summed E-state index contributed by atoms with van der Waals surface area (Å²) in [4.78, 5) is 27.6. The van der Waals surface area contributed by atoms with Crippen LogP contribution in [-0.4, -0.2) is 20.4 Å². The van der Waals surface area contributed by atoms with Gasteiger partial charge in [-0.1, -0.05) is 41.7 Å². The Morgan fingerprint density at radius 3 is 2.50 bits per heavy atom. The van der Waals surface area contributed by atoms with E-state index in [2.05, 4.69) is 10.3 Å². The predicted molar refractivity (Wildman–Crippen MR) is 100.0 cm³/mol. The summed E-state index contributed by atoms with van der Waals surface area (Å²) in [5.74, 6) is -0.0750. The number of hydrogen-bond donors (Lipinski definition) is 1. The molecule has 0 saturated carbocycles. The monoisotopic (exact) mass is 364 g/mol. The summed E-state index contributed by atoms with van der Waals surface area (Å²) in [7, 11) is 0. The van der Waals surface area contributed by atoms with Crippen LogP contribution < -0.4 is 5.32 Å². The van der Waals surface area contributed by atoms with Crippen molar-refractivity contribution in [1.82, 2.24) is 9.55 Å². The Labute approximate surface area is 151 Å². The summed E-state index contributed by atoms with van der Waals surface area (Å²) in [5, 5.41) is 13.5. The lowest BCUT2D eigenvalue weighted by Crippen LogP contribution is -2.14. The minimum Gasteiger partial charge on any atom is -0.291 e. The van der Waals surface area contributed by atoms with Crippen LogP contribution in [0, 0.1) is 10.1 Å². The van der Waals surface area contributed by atoms with Gasteiger partial charge < -0.3 is 0 Å². The summed E-state index contributed by atoms with van der Waals surface area (Å²) in [6.07, 6.45) is 0. The number of anilines is 1. The topological polar surface area (TPSA) is 90.1 Å². The second-order valence-electron chi connectivity index (χ2n) is 5.44. The highest BCUT2D eigenvalue weighted by Crippen LogP contribution is 2.27. The highest BCUT2D eigenvalue weighted by molar-refractivity contribution is 7.17. The Hall–Kier alpha value is -3.52. The van der Waals surface area contributed by atoms with Gasteiger partial charge >= 0.3 is 5.00 Å². The molecule has 0 aliphatic heterocycles. The molecule has 128 valence electrons. The molecule has 2 aromatic carbocycles. The molecule has 4 aromatic rings. The van der Waals surface area contributed by atoms with E-state index in [1.165, 1.54) is 12.1 Å². The maximum atomic E-state index is 12.5. The minimum absolute atomic E-state index is 0.0771. The number of amides is 1. The summed E-state index contributed by atoms with van der Waals surface area (Å²) >= 11 is 0.829. The van der Waals surface area contributed by atoms with Crippen molar-refractivity contribution in [2.45, 2.75) is 0 Å². The zero-order chi connectivity index (χ0) is 18.1. The zero-order valence-electron chi connectivity index (χ0n) is 13.3. The lowest BCUT2D eigenvalue weighted by Gasteiger charge is -2.09. The Morgan fingerprint density at radius 1 is 1.04 bits per heavy atom. The Bertz CT molecular complexity index is 1120. The molecule has 0 aliphatic rings. The number of thiophene rings is 1. The van der Waals surface area contributed by atoms with Crippen LogP contribution >= 0.6 is 11.3 Å². The molecule has 26 heavy (non-hydrogen) atoms. The van der Waals surface area contributed by atoms with Crippen LogP contribution in [0.5, 0.6) is 0 Å². The smallest absolute Gasteiger partial charge is 0.291 e. The number of nitro groups is 1. The van der Waals surface area contributed by atoms with Crippen LogP contribution in [-0.2, 0) is 0 Å². The molecule has 2 aromatic heterocycles. The number of aromatic nitrogens is 2. The summed E-state index contributed by atoms with van der Waals surface area (Å²) in [6.45, 7) is 0. The van der Waals surface area contributed by atoms with E-state index in [4.69, 9.17) is 0 Å². The number of para-hydroxylation sites is 3. The maximum absolute atomic E-state index is 12.5. The van der Waals surface area contributed by atoms with Crippen molar-refractivity contribution in [1.29, 1.82) is 0 Å². The van der Waals surface area contributed by atoms with Gasteiger partial charge in [0.1, 0.15) is 0 Å². The van der Waals surface area contributed by atoms with Crippen LogP contribution in [0.15, 0.2) is 66.7 Å². The van der Waals surface area contributed by atoms with Gasteiger partial charge in [-0.3, -0.25) is 24.8 Å². The lowest BCUT2D eigenvalue weighted by molar-refractivity contribution is -0.380. The number of nitrogens with one attached hydrogen (secondary N) is 1. The molecule has 1 amide bonds. The fraction of sp³-hybridized carbons (Fsp3) is 0. The number of carbonyl (C=O) groups excluding carboxylic acids is 1. The first-order valence-electron chi connectivity index (χ1n) is 7.72. The number of benzene rings is 2. The maximum Gasteiger partial charge on any atom is 0.324 e. The van der Waals surface area contributed by atoms with Gasteiger partial charge in [0, 0.05) is 11.8 Å². The molecule has 0 fully saturated rings. The molecule has 0 unspecified atom stereocenters. The highest BCUT2D eigenvalue weighted by atomic mass is 32.1. The fourth-order valence-electron chi connectivity index (χ4n) is 2.66. The summed E-state index contributed by atoms with van der Waals surface area (Å²) in [5.41, 5.74) is 2.45. The van der Waals surface area contributed by atoms with Crippen molar-refractivity contribution < 1.29 is 9.72 Å². The van der Waals surface area contributed by atoms with Crippen LogP contribution in [0.4, 0.5) is 10.9 Å². The third-order valence-electron chi connectivity index (χ3n) is 3.80. The molecule has 0 aliphatic carbocycles. The lowest BCUT2D eigenvalue weighted by atomic mass is 10.3. The molecule has 0 saturated heterocycles. The van der Waals surface area contributed by atoms with Gasteiger partial charge in [0.25, 0.3) is 5.91 Å². The average Bonchev–Trinajstić information content (AvgIpc) is 3.27. The average molecular weight is 364 g/mol. The summed E-state index contributed by atoms with van der Waals surface area (Å²) in [6, 6.07) is 19.9. The number of imidazole rings is 1. The molecule has 2 heterocycles. The van der Waals surface area contributed by atoms with E-state index in [-0.39, 0.29) is 9.88 Å². The van der Waals surface area contributed by atoms with E-state index >= 15 is 0 Å². The molecular formula is C18H12N4O3S. The fourth-order valence-corrected chi connectivity index (χ4v) is 3.37. The molecular weight excluding hydrogens is 352 g/mol. The van der Waals surface area contributed by atoms with E-state index in [1.807, 2.05) is 59.2 Å². The van der Waals surface area contributed by atoms with Crippen LogP contribution in [0.3, 0.4) is 0 Å². The van der Waals surface area contributed by atoms with Crippen molar-refractivity contribution in [3.05, 3.63) is 81.7 Å². The quantitative estimate of drug-likeness (QED) is 0.433. The minimum atomic E-state index is -0.513. The van der Waals surface area contributed by atoms with Crippen molar-refractivity contribution >= 4 is 39.2 Å². The van der Waals surface area contributed by atoms with Gasteiger partial charge in [-0.2, -0.15) is 0 Å². The molecule has 8 heteroatoms. The van der Waals surface area contributed by atoms with Crippen LogP contribution in [0.25, 0.3) is 16.7 Å². The Balaban J connectivity index is 1.76. The first kappa shape index (κ1) is 16.0. The van der Waals surface area contributed by atoms with E-state index < -0.39 is 10.8 Å². The SMILES string of the molecule is O=C(Nc1nc2ccccc2n1-c1ccccc1)c1ccc([N+](=O)[O-])s1. The Morgan fingerprint density at radius 2 is 1.77 bits per heavy atom. The number of fused-ring (bicyclic) bond motifs is 1. The van der Waals surface area contributed by atoms with Gasteiger partial charge in [0.15, 0.2) is 0 Å². The highest BCUT2D eigenvalue weighted by Gasteiger charge is 2.19. The molecule has 0 atom stereocenters. The zero-order valence-corrected chi connectivity index (χ0v) is 14.1. The largest absolute Gasteiger partial charge is 0.324 e. The van der Waals surface area contributed by atoms with Gasteiger partial charge in [-0.05, 0) is 30.3 Å². The van der Waals surface area contributed by atoms with E-state index in [1.54, 1.807) is 0 Å². The molecule has 7 nitrogen and oxygen atoms in total. The Kier molecular flexibility index (Phi) is 3.94. The molecule has 0 bridgehead atoms. The molecule has 0 spiro atoms. The first-order valence-corrected chi connectivity index (χ1v) is 8.53. The van der Waals surface area contributed by atoms with E-state index in [9.17, 15) is 14.9 Å². The van der Waals surface area contributed by atoms with E-state index in [0.717, 1.165) is 28.1 Å². The summed E-state index contributed by atoms with van der Waals surface area (Å²) < 4.78 is 1.84. The van der Waals surface area contributed by atoms with Crippen molar-refractivity contribution in [2.24, 2.45) is 0 Å². The van der Waals surface area contributed by atoms with E-state index in [0.29, 0.717) is 5.95 Å². The molecule has 0 radical (unpaired) electrons. The van der Waals surface area contributed by atoms with Crippen molar-refractivity contribution in [2.75, 3.05) is 5.32 Å². The predicted octanol–water partition coefficient (Wildman–Crippen LogP) is 4.25. The van der Waals surface area contributed by atoms with Gasteiger partial charge in [-0.15, -0.1) is 0 Å². The number of carbonyl (C=O) groups is 1. The molecule has 1 N–H and O–H groups in total. The van der Waals surface area contributed by atoms with Crippen molar-refractivity contribution in [3.63, 3.8) is 0 Å². The second kappa shape index (κ2) is 6.41. The van der Waals surface area contributed by atoms with Crippen LogP contribution in [0.2, 0.25) is 0 Å². The van der Waals surface area contributed by atoms with Crippen molar-refractivity contribution in [3.8, 4) is 5.69 Å². The van der Waals surface area contributed by atoms with Gasteiger partial charge in [0.05, 0.1) is 20.8 Å². The third kappa shape index (κ3) is 2.82. The first-order chi connectivity index (χ1) is 12.6. The normalized spacial score (nSPS) is 10.8. The third-order valence-corrected chi connectivity index (χ3v) is 4.83. The van der Waals surface area contributed by atoms with Gasteiger partial charge in [-0.25, -0.2) is 4.98 Å². The number of rotatable bonds is 4. The second-order valence-corrected chi connectivity index (χ2v) is 6.51. The van der Waals surface area contributed by atoms with Gasteiger partial charge in [0.2, 0.25) is 5.95 Å². The molecule has 4 rings (SSSR count). The standard InChI is InChI=1S/C18H12N4O3S/c23-17(15-10-11-16(26-15)22(24)25)20-18-19-13-8-4-5-9-14(13)21(18)12-6-2-1-3-7-12/h1-11H,(H,19,20,23). The van der Waals surface area contributed by atoms with Crippen LogP contribution in [0.1, 0.15) is 9.67 Å². The number of nitrogens with zero attached hydrogens (tertiary/aromatic N) is 3. The number of hydrogen-bond acceptors (Lipinski definition) is 5.